The smallest absolute Gasteiger partial charge is 0.404 e. The Hall–Kier alpha value is -3.42. The van der Waals surface area contributed by atoms with Crippen molar-refractivity contribution in [2.24, 2.45) is 5.14 Å². The second kappa shape index (κ2) is 9.91. The molecular formula is C23H25F3N6O3S. The Morgan fingerprint density at radius 3 is 2.53 bits per heavy atom. The van der Waals surface area contributed by atoms with Gasteiger partial charge in [-0.3, -0.25) is 0 Å². The average molecular weight is 523 g/mol. The molecule has 2 aromatic carbocycles. The van der Waals surface area contributed by atoms with Crippen molar-refractivity contribution < 1.29 is 26.3 Å². The highest BCUT2D eigenvalue weighted by Crippen LogP contribution is 2.35. The van der Waals surface area contributed by atoms with Gasteiger partial charge in [-0.05, 0) is 55.4 Å². The Labute approximate surface area is 206 Å². The van der Waals surface area contributed by atoms with Gasteiger partial charge in [-0.1, -0.05) is 6.07 Å². The van der Waals surface area contributed by atoms with Gasteiger partial charge in [0.15, 0.2) is 5.75 Å². The van der Waals surface area contributed by atoms with Gasteiger partial charge in [-0.25, -0.2) is 23.5 Å². The van der Waals surface area contributed by atoms with Crippen molar-refractivity contribution in [3.63, 3.8) is 0 Å². The molecule has 1 aliphatic rings. The number of fused-ring (bicyclic) bond motifs is 1. The van der Waals surface area contributed by atoms with Crippen LogP contribution >= 0.6 is 0 Å². The van der Waals surface area contributed by atoms with Gasteiger partial charge >= 0.3 is 6.36 Å². The van der Waals surface area contributed by atoms with Crippen LogP contribution in [0, 0.1) is 6.92 Å². The number of rotatable bonds is 6. The van der Waals surface area contributed by atoms with Crippen LogP contribution in [0.4, 0.5) is 30.5 Å². The van der Waals surface area contributed by atoms with E-state index in [-0.39, 0.29) is 11.6 Å². The number of piperazine rings is 1. The van der Waals surface area contributed by atoms with Crippen LogP contribution < -0.4 is 20.1 Å². The molecule has 9 nitrogen and oxygen atoms in total. The Balaban J connectivity index is 1.69. The number of nitrogens with two attached hydrogens (primary N) is 1. The molecule has 1 fully saturated rings. The van der Waals surface area contributed by atoms with Crippen LogP contribution in [-0.2, 0) is 10.0 Å². The first-order chi connectivity index (χ1) is 16.9. The molecule has 36 heavy (non-hydrogen) atoms. The van der Waals surface area contributed by atoms with E-state index in [4.69, 9.17) is 5.14 Å². The molecule has 0 aliphatic carbocycles. The number of alkyl halides is 3. The zero-order chi connectivity index (χ0) is 26.1. The first-order valence-electron chi connectivity index (χ1n) is 10.9. The lowest BCUT2D eigenvalue weighted by Gasteiger charge is -2.34. The molecule has 0 bridgehead atoms. The van der Waals surface area contributed by atoms with Crippen molar-refractivity contribution in [3.05, 3.63) is 53.1 Å². The lowest BCUT2D eigenvalue weighted by Crippen LogP contribution is -2.44. The third-order valence-corrected chi connectivity index (χ3v) is 6.20. The standard InChI is InChI=1S/C23H25F3N6O3S/c1-15-11-16(5-10-36(27,33)34)12-19-18(15)14-28-22(29-19)30-20-13-17(32-8-6-31(2)7-9-32)3-4-21(20)35-23(24,25)26/h3-5,10-14H,6-9H2,1-2H3,(H2,27,33,34)(H,28,29,30)/b10-5+. The molecule has 1 saturated heterocycles. The van der Waals surface area contributed by atoms with E-state index >= 15 is 0 Å². The summed E-state index contributed by atoms with van der Waals surface area (Å²) in [6.45, 7) is 4.94. The number of anilines is 3. The minimum absolute atomic E-state index is 0.0528. The predicted octanol–water partition coefficient (Wildman–Crippen LogP) is 3.59. The van der Waals surface area contributed by atoms with Crippen molar-refractivity contribution in [1.82, 2.24) is 14.9 Å². The van der Waals surface area contributed by atoms with E-state index < -0.39 is 22.1 Å². The number of likely N-dealkylation sites (N-methyl/N-ethyl adjacent to an activating group) is 1. The number of benzene rings is 2. The summed E-state index contributed by atoms with van der Waals surface area (Å²) in [5, 5.41) is 9.45. The normalized spacial score (nSPS) is 15.6. The Morgan fingerprint density at radius 1 is 1.14 bits per heavy atom. The quantitative estimate of drug-likeness (QED) is 0.505. The molecule has 2 heterocycles. The van der Waals surface area contributed by atoms with Gasteiger partial charge in [0.25, 0.3) is 0 Å². The van der Waals surface area contributed by atoms with E-state index in [9.17, 15) is 21.6 Å². The molecule has 0 spiro atoms. The second-order valence-electron chi connectivity index (χ2n) is 8.50. The van der Waals surface area contributed by atoms with Gasteiger partial charge in [0.2, 0.25) is 16.0 Å². The first-order valence-corrected chi connectivity index (χ1v) is 12.6. The van der Waals surface area contributed by atoms with E-state index in [1.807, 2.05) is 14.0 Å². The zero-order valence-corrected chi connectivity index (χ0v) is 20.4. The summed E-state index contributed by atoms with van der Waals surface area (Å²) < 4.78 is 65.9. The highest BCUT2D eigenvalue weighted by atomic mass is 32.2. The van der Waals surface area contributed by atoms with Crippen LogP contribution in [0.3, 0.4) is 0 Å². The fourth-order valence-electron chi connectivity index (χ4n) is 3.88. The van der Waals surface area contributed by atoms with Gasteiger partial charge < -0.3 is 19.9 Å². The van der Waals surface area contributed by atoms with Crippen LogP contribution in [0.25, 0.3) is 17.0 Å². The maximum absolute atomic E-state index is 13.1. The zero-order valence-electron chi connectivity index (χ0n) is 19.6. The number of sulfonamides is 1. The summed E-state index contributed by atoms with van der Waals surface area (Å²) >= 11 is 0. The molecular weight excluding hydrogens is 497 g/mol. The number of hydrogen-bond acceptors (Lipinski definition) is 8. The highest BCUT2D eigenvalue weighted by molar-refractivity contribution is 7.92. The summed E-state index contributed by atoms with van der Waals surface area (Å²) in [5.74, 6) is -0.359. The molecule has 0 radical (unpaired) electrons. The number of aryl methyl sites for hydroxylation is 1. The van der Waals surface area contributed by atoms with E-state index in [1.54, 1.807) is 30.5 Å². The van der Waals surface area contributed by atoms with E-state index in [2.05, 4.69) is 29.8 Å². The van der Waals surface area contributed by atoms with Crippen molar-refractivity contribution in [2.45, 2.75) is 13.3 Å². The Morgan fingerprint density at radius 2 is 1.86 bits per heavy atom. The van der Waals surface area contributed by atoms with Gasteiger partial charge in [-0.15, -0.1) is 13.2 Å². The lowest BCUT2D eigenvalue weighted by molar-refractivity contribution is -0.274. The number of nitrogens with zero attached hydrogens (tertiary/aromatic N) is 4. The maximum atomic E-state index is 13.1. The van der Waals surface area contributed by atoms with Crippen molar-refractivity contribution in [3.8, 4) is 5.75 Å². The van der Waals surface area contributed by atoms with Gasteiger partial charge in [0, 0.05) is 48.9 Å². The molecule has 3 N–H and O–H groups in total. The lowest BCUT2D eigenvalue weighted by atomic mass is 10.1. The van der Waals surface area contributed by atoms with Crippen LogP contribution in [0.2, 0.25) is 0 Å². The van der Waals surface area contributed by atoms with Gasteiger partial charge in [-0.2, -0.15) is 0 Å². The minimum atomic E-state index is -4.88. The molecule has 0 atom stereocenters. The third-order valence-electron chi connectivity index (χ3n) is 5.68. The van der Waals surface area contributed by atoms with Crippen molar-refractivity contribution >= 4 is 44.3 Å². The largest absolute Gasteiger partial charge is 0.573 e. The molecule has 0 saturated carbocycles. The topological polar surface area (TPSA) is 114 Å². The number of nitrogens with one attached hydrogen (secondary N) is 1. The number of ether oxygens (including phenoxy) is 1. The van der Waals surface area contributed by atoms with Crippen LogP contribution in [0.15, 0.2) is 41.9 Å². The fourth-order valence-corrected chi connectivity index (χ4v) is 4.22. The number of primary sulfonamides is 1. The molecule has 0 unspecified atom stereocenters. The second-order valence-corrected chi connectivity index (χ2v) is 9.95. The molecule has 192 valence electrons. The first kappa shape index (κ1) is 25.7. The number of hydrogen-bond donors (Lipinski definition) is 2. The molecule has 4 rings (SSSR count). The molecule has 3 aromatic rings. The monoisotopic (exact) mass is 522 g/mol. The third kappa shape index (κ3) is 6.62. The number of aromatic nitrogens is 2. The average Bonchev–Trinajstić information content (AvgIpc) is 2.78. The summed E-state index contributed by atoms with van der Waals surface area (Å²) in [7, 11) is -1.80. The Kier molecular flexibility index (Phi) is 7.07. The fraction of sp³-hybridized carbons (Fsp3) is 0.304. The predicted molar refractivity (Wildman–Crippen MR) is 133 cm³/mol. The van der Waals surface area contributed by atoms with Gasteiger partial charge in [0.05, 0.1) is 11.2 Å². The maximum Gasteiger partial charge on any atom is 0.573 e. The minimum Gasteiger partial charge on any atom is -0.404 e. The van der Waals surface area contributed by atoms with E-state index in [0.717, 1.165) is 42.8 Å². The summed E-state index contributed by atoms with van der Waals surface area (Å²) in [6.07, 6.45) is -1.99. The number of halogens is 3. The van der Waals surface area contributed by atoms with Gasteiger partial charge in [0.1, 0.15) is 0 Å². The molecule has 13 heteroatoms. The summed E-state index contributed by atoms with van der Waals surface area (Å²) in [5.41, 5.74) is 2.59. The molecule has 1 aromatic heterocycles. The summed E-state index contributed by atoms with van der Waals surface area (Å²) in [6, 6.07) is 7.81. The molecule has 1 aliphatic heterocycles. The van der Waals surface area contributed by atoms with Crippen LogP contribution in [-0.4, -0.2) is 62.9 Å². The van der Waals surface area contributed by atoms with Crippen molar-refractivity contribution in [2.75, 3.05) is 43.4 Å². The van der Waals surface area contributed by atoms with Crippen LogP contribution in [0.5, 0.6) is 5.75 Å². The van der Waals surface area contributed by atoms with E-state index in [1.165, 1.54) is 12.1 Å². The van der Waals surface area contributed by atoms with E-state index in [0.29, 0.717) is 16.5 Å². The molecule has 0 amide bonds. The SMILES string of the molecule is Cc1cc(/C=C/S(N)(=O)=O)cc2nc(Nc3cc(N4CCN(C)CC4)ccc3OC(F)(F)F)ncc12. The summed E-state index contributed by atoms with van der Waals surface area (Å²) in [4.78, 5) is 12.9. The Bertz CT molecular complexity index is 1400. The van der Waals surface area contributed by atoms with Crippen LogP contribution in [0.1, 0.15) is 11.1 Å². The highest BCUT2D eigenvalue weighted by Gasteiger charge is 2.32. The van der Waals surface area contributed by atoms with Crippen molar-refractivity contribution in [1.29, 1.82) is 0 Å².